The van der Waals surface area contributed by atoms with Crippen molar-refractivity contribution in [2.45, 2.75) is 20.8 Å². The minimum absolute atomic E-state index is 0.0381. The van der Waals surface area contributed by atoms with E-state index in [4.69, 9.17) is 0 Å². The summed E-state index contributed by atoms with van der Waals surface area (Å²) in [5, 5.41) is 2.18. The van der Waals surface area contributed by atoms with Crippen molar-refractivity contribution in [1.82, 2.24) is 4.98 Å². The number of aryl methyl sites for hydroxylation is 2. The molecule has 0 saturated heterocycles. The summed E-state index contributed by atoms with van der Waals surface area (Å²) in [7, 11) is 0. The summed E-state index contributed by atoms with van der Waals surface area (Å²) in [6, 6.07) is 8.69. The summed E-state index contributed by atoms with van der Waals surface area (Å²) >= 11 is 1.26. The summed E-state index contributed by atoms with van der Waals surface area (Å²) < 4.78 is 26.3. The molecule has 29 heavy (non-hydrogen) atoms. The van der Waals surface area contributed by atoms with Gasteiger partial charge in [-0.2, -0.15) is 0 Å². The minimum atomic E-state index is -1.08. The SMILES string of the molecule is CC(=O)N(c1ccc(C)c(C)c1)c1nc(/C=C/C(=O)c2ccc(F)c(F)c2)cs1. The molecule has 3 aromatic rings. The van der Waals surface area contributed by atoms with Gasteiger partial charge in [-0.25, -0.2) is 13.8 Å². The van der Waals surface area contributed by atoms with Gasteiger partial charge in [-0.15, -0.1) is 11.3 Å². The molecule has 0 saturated carbocycles. The Balaban J connectivity index is 1.83. The molecule has 0 spiro atoms. The van der Waals surface area contributed by atoms with Crippen LogP contribution >= 0.6 is 11.3 Å². The first kappa shape index (κ1) is 20.5. The Morgan fingerprint density at radius 2 is 1.79 bits per heavy atom. The van der Waals surface area contributed by atoms with Gasteiger partial charge in [0.2, 0.25) is 5.91 Å². The lowest BCUT2D eigenvalue weighted by Crippen LogP contribution is -2.22. The van der Waals surface area contributed by atoms with E-state index < -0.39 is 17.4 Å². The fourth-order valence-electron chi connectivity index (χ4n) is 2.65. The number of anilines is 2. The molecular formula is C22H18F2N2O2S. The zero-order valence-electron chi connectivity index (χ0n) is 16.1. The van der Waals surface area contributed by atoms with E-state index in [0.717, 1.165) is 23.3 Å². The van der Waals surface area contributed by atoms with Crippen molar-refractivity contribution in [3.63, 3.8) is 0 Å². The number of rotatable bonds is 5. The van der Waals surface area contributed by atoms with Crippen molar-refractivity contribution in [2.24, 2.45) is 0 Å². The van der Waals surface area contributed by atoms with Crippen molar-refractivity contribution in [3.05, 3.63) is 81.9 Å². The molecule has 1 heterocycles. The largest absolute Gasteiger partial charge is 0.289 e. The average molecular weight is 412 g/mol. The summed E-state index contributed by atoms with van der Waals surface area (Å²) in [4.78, 5) is 30.3. The lowest BCUT2D eigenvalue weighted by Gasteiger charge is -2.19. The first-order valence-electron chi connectivity index (χ1n) is 8.77. The summed E-state index contributed by atoms with van der Waals surface area (Å²) in [6.07, 6.45) is 2.71. The van der Waals surface area contributed by atoms with E-state index in [9.17, 15) is 18.4 Å². The number of carbonyl (C=O) groups excluding carboxylic acids is 2. The molecule has 0 atom stereocenters. The Bertz CT molecular complexity index is 1120. The Hall–Kier alpha value is -3.19. The van der Waals surface area contributed by atoms with Gasteiger partial charge in [0.05, 0.1) is 11.4 Å². The van der Waals surface area contributed by atoms with E-state index in [1.807, 2.05) is 32.0 Å². The lowest BCUT2D eigenvalue weighted by atomic mass is 10.1. The number of thiazole rings is 1. The number of nitrogens with zero attached hydrogens (tertiary/aromatic N) is 2. The van der Waals surface area contributed by atoms with E-state index >= 15 is 0 Å². The summed E-state index contributed by atoms with van der Waals surface area (Å²) in [5.74, 6) is -2.75. The van der Waals surface area contributed by atoms with E-state index in [2.05, 4.69) is 4.98 Å². The predicted molar refractivity (Wildman–Crippen MR) is 111 cm³/mol. The second kappa shape index (κ2) is 8.45. The first-order chi connectivity index (χ1) is 13.8. The van der Waals surface area contributed by atoms with Crippen LogP contribution in [0, 0.1) is 25.5 Å². The third-order valence-corrected chi connectivity index (χ3v) is 5.22. The minimum Gasteiger partial charge on any atom is -0.289 e. The van der Waals surface area contributed by atoms with Gasteiger partial charge in [-0.3, -0.25) is 14.5 Å². The highest BCUT2D eigenvalue weighted by Crippen LogP contribution is 2.30. The molecule has 0 aliphatic heterocycles. The molecule has 0 unspecified atom stereocenters. The number of halogens is 2. The molecule has 3 rings (SSSR count). The molecule has 1 amide bonds. The van der Waals surface area contributed by atoms with Gasteiger partial charge in [0, 0.05) is 17.9 Å². The topological polar surface area (TPSA) is 50.3 Å². The Labute approximate surface area is 171 Å². The van der Waals surface area contributed by atoms with Crippen molar-refractivity contribution >= 4 is 39.9 Å². The standard InChI is InChI=1S/C22H18F2N2O2S/c1-13-4-7-18(10-14(13)2)26(15(3)27)22-25-17(12-29-22)6-9-21(28)16-5-8-19(23)20(24)11-16/h4-12H,1-3H3/b9-6+. The molecule has 0 fully saturated rings. The predicted octanol–water partition coefficient (Wildman–Crippen LogP) is 5.62. The molecule has 0 N–H and O–H groups in total. The molecule has 0 aliphatic carbocycles. The maximum Gasteiger partial charge on any atom is 0.230 e. The van der Waals surface area contributed by atoms with Gasteiger partial charge in [-0.1, -0.05) is 6.07 Å². The van der Waals surface area contributed by atoms with Crippen molar-refractivity contribution in [1.29, 1.82) is 0 Å². The number of hydrogen-bond acceptors (Lipinski definition) is 4. The van der Waals surface area contributed by atoms with Crippen LogP contribution in [-0.2, 0) is 4.79 Å². The zero-order valence-corrected chi connectivity index (χ0v) is 16.9. The fraction of sp³-hybridized carbons (Fsp3) is 0.136. The monoisotopic (exact) mass is 412 g/mol. The molecule has 0 bridgehead atoms. The Morgan fingerprint density at radius 1 is 1.03 bits per heavy atom. The quantitative estimate of drug-likeness (QED) is 0.404. The van der Waals surface area contributed by atoms with Crippen LogP contribution in [0.4, 0.5) is 19.6 Å². The van der Waals surface area contributed by atoms with Crippen LogP contribution in [0.25, 0.3) is 6.08 Å². The average Bonchev–Trinajstić information content (AvgIpc) is 3.13. The third-order valence-electron chi connectivity index (χ3n) is 4.37. The van der Waals surface area contributed by atoms with E-state index in [1.165, 1.54) is 41.4 Å². The molecule has 2 aromatic carbocycles. The van der Waals surface area contributed by atoms with Crippen LogP contribution in [0.1, 0.15) is 34.1 Å². The van der Waals surface area contributed by atoms with Crippen LogP contribution in [0.5, 0.6) is 0 Å². The van der Waals surface area contributed by atoms with Crippen LogP contribution in [0.15, 0.2) is 47.9 Å². The zero-order chi connectivity index (χ0) is 21.1. The number of aromatic nitrogens is 1. The molecule has 4 nitrogen and oxygen atoms in total. The second-order valence-corrected chi connectivity index (χ2v) is 7.34. The Morgan fingerprint density at radius 3 is 2.45 bits per heavy atom. The van der Waals surface area contributed by atoms with E-state index in [0.29, 0.717) is 16.5 Å². The van der Waals surface area contributed by atoms with Crippen LogP contribution in [0.2, 0.25) is 0 Å². The number of ketones is 1. The number of benzene rings is 2. The molecule has 0 radical (unpaired) electrons. The van der Waals surface area contributed by atoms with Gasteiger partial charge in [0.1, 0.15) is 0 Å². The van der Waals surface area contributed by atoms with Gasteiger partial charge in [0.25, 0.3) is 0 Å². The molecule has 1 aromatic heterocycles. The van der Waals surface area contributed by atoms with Crippen LogP contribution in [-0.4, -0.2) is 16.7 Å². The number of amides is 1. The molecule has 0 aliphatic rings. The Kier molecular flexibility index (Phi) is 5.98. The third kappa shape index (κ3) is 4.63. The summed E-state index contributed by atoms with van der Waals surface area (Å²) in [6.45, 7) is 5.42. The highest BCUT2D eigenvalue weighted by molar-refractivity contribution is 7.14. The van der Waals surface area contributed by atoms with Crippen molar-refractivity contribution in [2.75, 3.05) is 4.90 Å². The van der Waals surface area contributed by atoms with Crippen molar-refractivity contribution < 1.29 is 18.4 Å². The molecule has 148 valence electrons. The fourth-order valence-corrected chi connectivity index (χ4v) is 3.51. The smallest absolute Gasteiger partial charge is 0.230 e. The molecule has 7 heteroatoms. The maximum atomic E-state index is 13.3. The highest BCUT2D eigenvalue weighted by atomic mass is 32.1. The van der Waals surface area contributed by atoms with Gasteiger partial charge < -0.3 is 0 Å². The number of allylic oxidation sites excluding steroid dienone is 1. The normalized spacial score (nSPS) is 11.1. The van der Waals surface area contributed by atoms with Gasteiger partial charge in [0.15, 0.2) is 22.5 Å². The second-order valence-electron chi connectivity index (χ2n) is 6.50. The van der Waals surface area contributed by atoms with Gasteiger partial charge >= 0.3 is 0 Å². The molecular weight excluding hydrogens is 394 g/mol. The summed E-state index contributed by atoms with van der Waals surface area (Å²) in [5.41, 5.74) is 3.41. The number of hydrogen-bond donors (Lipinski definition) is 0. The van der Waals surface area contributed by atoms with Crippen molar-refractivity contribution in [3.8, 4) is 0 Å². The van der Waals surface area contributed by atoms with Crippen LogP contribution in [0.3, 0.4) is 0 Å². The first-order valence-corrected chi connectivity index (χ1v) is 9.65. The van der Waals surface area contributed by atoms with Crippen LogP contribution < -0.4 is 4.90 Å². The maximum absolute atomic E-state index is 13.3. The number of carbonyl (C=O) groups is 2. The highest BCUT2D eigenvalue weighted by Gasteiger charge is 2.18. The van der Waals surface area contributed by atoms with E-state index in [1.54, 1.807) is 5.38 Å². The van der Waals surface area contributed by atoms with Gasteiger partial charge in [-0.05, 0) is 67.5 Å². The van der Waals surface area contributed by atoms with E-state index in [-0.39, 0.29) is 11.5 Å². The lowest BCUT2D eigenvalue weighted by molar-refractivity contribution is -0.115.